The summed E-state index contributed by atoms with van der Waals surface area (Å²) in [4.78, 5) is 35.4. The van der Waals surface area contributed by atoms with Crippen molar-refractivity contribution in [3.63, 3.8) is 0 Å². The number of amides is 1. The number of rotatable bonds is 8. The number of nitrogens with one attached hydrogen (secondary N) is 1. The molecule has 10 N–H and O–H groups in total. The van der Waals surface area contributed by atoms with Gasteiger partial charge >= 0.3 is 0 Å². The number of ketones is 1. The topological polar surface area (TPSA) is 253 Å². The number of nitrogens with zero attached hydrogens (tertiary/aromatic N) is 1. The maximum Gasteiger partial charge on any atom is 0.234 e. The normalized spacial score (nSPS) is 51.0. The van der Waals surface area contributed by atoms with Crippen LogP contribution in [0.25, 0.3) is 0 Å². The van der Waals surface area contributed by atoms with E-state index in [1.165, 1.54) is 28.0 Å². The number of carbonyl (C=O) groups is 2. The van der Waals surface area contributed by atoms with Gasteiger partial charge in [-0.1, -0.05) is 106 Å². The predicted molar refractivity (Wildman–Crippen MR) is 346 cm³/mol. The van der Waals surface area contributed by atoms with Gasteiger partial charge in [-0.25, -0.2) is 0 Å². The van der Waals surface area contributed by atoms with Gasteiger partial charge in [-0.05, 0) is 198 Å². The maximum absolute atomic E-state index is 16.9. The Kier molecular flexibility index (Phi) is 15.6. The standard InChI is InChI=1S/C73H104N2O13S2/c1-41(2)42(3)59-61(88-59)69(84)26-10-15-46-34-52-53-36-57(79)68(37-58(80)73(86)56(78)19-17-45-14-11-27-70(45,73)64(52,68)4)63(83)90-89-39-48-13-9-12-47(38-76)72(48)62(82)75(49-32-43(33-50(77)35-49)20-29-67(46)55(69)22-30-71(53,67)85)40-65(72)28-21-51(60(65)81)54-18-16-44(23-31-87-5)66(74-54)24-7-6-8-25-66/h10,15,17,19,32-33,35-36,41-42,44-48,51-52,54-56,58-61,63,74,76-78,80-81,83-86H,6-9,11-14,16,18,20-31,34,37-40H2,1-5H3/t42-,44-,45+,46+,47+,48-,51+,52+,54+,55+,56+,58-,59+,60+,61-,63+,64-,65+,67-,68+,69-,70+,71-,72-,73-/m1/s1. The third-order valence-corrected chi connectivity index (χ3v) is 32.9. The first-order chi connectivity index (χ1) is 43.0. The van der Waals surface area contributed by atoms with Crippen LogP contribution in [0.4, 0.5) is 5.69 Å². The Morgan fingerprint density at radius 2 is 1.64 bits per heavy atom. The van der Waals surface area contributed by atoms with E-state index in [0.717, 1.165) is 56.9 Å². The highest BCUT2D eigenvalue weighted by Crippen LogP contribution is 2.83. The minimum Gasteiger partial charge on any atom is -0.508 e. The highest BCUT2D eigenvalue weighted by molar-refractivity contribution is 8.76. The van der Waals surface area contributed by atoms with Gasteiger partial charge in [0.25, 0.3) is 0 Å². The number of benzene rings is 1. The number of piperidine rings is 1. The largest absolute Gasteiger partial charge is 0.508 e. The molecule has 6 heterocycles. The van der Waals surface area contributed by atoms with Crippen LogP contribution >= 0.6 is 21.6 Å². The number of phenolic OH excluding ortho intramolecular Hbond substituents is 1. The van der Waals surface area contributed by atoms with E-state index in [2.05, 4.69) is 45.2 Å². The molecule has 0 unspecified atom stereocenters. The van der Waals surface area contributed by atoms with Crippen LogP contribution in [-0.2, 0) is 25.5 Å². The van der Waals surface area contributed by atoms with Crippen molar-refractivity contribution in [1.82, 2.24) is 5.32 Å². The molecule has 16 aliphatic rings. The van der Waals surface area contributed by atoms with Crippen molar-refractivity contribution in [3.05, 3.63) is 59.7 Å². The molecule has 10 aliphatic carbocycles. The molecule has 10 fully saturated rings. The van der Waals surface area contributed by atoms with E-state index in [4.69, 9.17) is 9.47 Å². The minimum absolute atomic E-state index is 0.00793. The van der Waals surface area contributed by atoms with Crippen molar-refractivity contribution in [2.24, 2.45) is 91.7 Å². The van der Waals surface area contributed by atoms with E-state index in [1.807, 2.05) is 17.0 Å². The molecular weight excluding hydrogens is 1180 g/mol. The second kappa shape index (κ2) is 22.1. The van der Waals surface area contributed by atoms with Crippen molar-refractivity contribution in [1.29, 1.82) is 0 Å². The molecule has 496 valence electrons. The summed E-state index contributed by atoms with van der Waals surface area (Å²) in [5, 5.41) is 124. The van der Waals surface area contributed by atoms with Gasteiger partial charge in [-0.15, -0.1) is 0 Å². The molecule has 0 aromatic heterocycles. The number of hydrogen-bond donors (Lipinski definition) is 10. The van der Waals surface area contributed by atoms with Crippen LogP contribution in [0.3, 0.4) is 0 Å². The number of phenols is 1. The molecule has 90 heavy (non-hydrogen) atoms. The molecule has 3 saturated heterocycles. The number of aliphatic hydroxyl groups excluding tert-OH is 5. The van der Waals surface area contributed by atoms with E-state index in [-0.39, 0.29) is 79.5 Å². The lowest BCUT2D eigenvalue weighted by Gasteiger charge is -2.76. The summed E-state index contributed by atoms with van der Waals surface area (Å²) in [6.45, 7) is 9.19. The summed E-state index contributed by atoms with van der Waals surface area (Å²) in [6, 6.07) is 5.45. The summed E-state index contributed by atoms with van der Waals surface area (Å²) in [5.74, 6) is -2.51. The van der Waals surface area contributed by atoms with Crippen LogP contribution in [-0.4, -0.2) is 155 Å². The monoisotopic (exact) mass is 1280 g/mol. The molecule has 15 nitrogen and oxygen atoms in total. The number of anilines is 1. The first kappa shape index (κ1) is 63.7. The van der Waals surface area contributed by atoms with Crippen LogP contribution in [0.5, 0.6) is 5.75 Å². The highest BCUT2D eigenvalue weighted by Gasteiger charge is 2.86. The molecule has 1 aromatic rings. The van der Waals surface area contributed by atoms with E-state index in [1.54, 1.807) is 31.4 Å². The predicted octanol–water partition coefficient (Wildman–Crippen LogP) is 8.87. The number of aryl methyl sites for hydroxylation is 1. The fraction of sp³-hybridized carbons (Fsp3) is 0.808. The average Bonchev–Trinajstić information content (AvgIpc) is 1.34. The van der Waals surface area contributed by atoms with Gasteiger partial charge in [0.15, 0.2) is 5.78 Å². The van der Waals surface area contributed by atoms with Crippen molar-refractivity contribution < 1.29 is 65.0 Å². The Hall–Kier alpha value is -2.36. The number of aliphatic hydroxyl groups is 8. The zero-order valence-corrected chi connectivity index (χ0v) is 55.6. The Labute approximate surface area is 540 Å². The Balaban J connectivity index is 0.905. The lowest BCUT2D eigenvalue weighted by Crippen LogP contribution is -2.82. The van der Waals surface area contributed by atoms with Gasteiger partial charge < -0.3 is 65.6 Å². The summed E-state index contributed by atoms with van der Waals surface area (Å²) < 4.78 is 12.3. The average molecular weight is 1280 g/mol. The molecule has 1 aromatic carbocycles. The third kappa shape index (κ3) is 7.96. The number of fused-ring (bicyclic) bond motifs is 1. The molecule has 0 radical (unpaired) electrons. The lowest BCUT2D eigenvalue weighted by atomic mass is 9.29. The van der Waals surface area contributed by atoms with Crippen molar-refractivity contribution in [3.8, 4) is 5.75 Å². The van der Waals surface area contributed by atoms with Gasteiger partial charge in [0.05, 0.1) is 34.7 Å². The smallest absolute Gasteiger partial charge is 0.234 e. The van der Waals surface area contributed by atoms with Gasteiger partial charge in [-0.2, -0.15) is 0 Å². The third-order valence-electron chi connectivity index (χ3n) is 30.2. The van der Waals surface area contributed by atoms with Crippen LogP contribution in [0.15, 0.2) is 54.2 Å². The SMILES string of the molecule is COCC[C@H]1CC[C@@H]([C@@H]2CC[C@]3(CN4C(=O)[C@]35[C@H](CO)CCC[C@@H]5CSS[C@H](O)[C@@]35C[C@@H](O)[C@]6(O)[C@@H](O)C=C[C@@H]7CCC[C@@]76[C@]3(C)[C@H]3C[C@@H]6C=CC[C@](O)([C@@H]7O[C@H]7[C@H](C)C(C)C)[C@H]7CC[C@@](O)(C3=CC5=O)[C@@]76CCc3cc(O)cc4c3)[C@H]2O)NC12CCCCC2. The number of hydrogen-bond acceptors (Lipinski definition) is 16. The Bertz CT molecular complexity index is 3100. The van der Waals surface area contributed by atoms with E-state index in [0.29, 0.717) is 100 Å². The fourth-order valence-corrected chi connectivity index (χ4v) is 29.1. The van der Waals surface area contributed by atoms with Crippen molar-refractivity contribution >= 4 is 39.0 Å². The quantitative estimate of drug-likeness (QED) is 0.0663. The van der Waals surface area contributed by atoms with E-state index >= 15 is 9.59 Å². The van der Waals surface area contributed by atoms with Crippen LogP contribution in [0, 0.1) is 91.7 Å². The van der Waals surface area contributed by atoms with Gasteiger partial charge in [0.1, 0.15) is 34.6 Å². The van der Waals surface area contributed by atoms with Crippen LogP contribution < -0.4 is 10.2 Å². The molecule has 6 aliphatic heterocycles. The summed E-state index contributed by atoms with van der Waals surface area (Å²) in [5.41, 5.74) is -13.0. The Morgan fingerprint density at radius 3 is 2.41 bits per heavy atom. The molecule has 17 heteroatoms. The summed E-state index contributed by atoms with van der Waals surface area (Å²) >= 11 is 0. The first-order valence-electron chi connectivity index (χ1n) is 35.5. The molecule has 17 rings (SSSR count). The van der Waals surface area contributed by atoms with Crippen molar-refractivity contribution in [2.75, 3.05) is 37.5 Å². The molecular formula is C73H104N2O13S2. The maximum atomic E-state index is 16.9. The second-order valence-electron chi connectivity index (χ2n) is 32.8. The van der Waals surface area contributed by atoms with E-state index < -0.39 is 120 Å². The fourth-order valence-electron chi connectivity index (χ4n) is 26.1. The first-order valence-corrected chi connectivity index (χ1v) is 37.9. The lowest BCUT2D eigenvalue weighted by molar-refractivity contribution is -0.330. The molecule has 6 spiro atoms. The number of methoxy groups -OCH3 is 1. The summed E-state index contributed by atoms with van der Waals surface area (Å²) in [6.07, 6.45) is 19.7. The zero-order chi connectivity index (χ0) is 63.1. The van der Waals surface area contributed by atoms with Crippen LogP contribution in [0.2, 0.25) is 0 Å². The zero-order valence-electron chi connectivity index (χ0n) is 53.9. The van der Waals surface area contributed by atoms with Gasteiger partial charge in [-0.3, -0.25) is 9.59 Å². The molecule has 7 saturated carbocycles. The second-order valence-corrected chi connectivity index (χ2v) is 35.3. The van der Waals surface area contributed by atoms with Gasteiger partial charge in [0, 0.05) is 84.0 Å². The Morgan fingerprint density at radius 1 is 0.844 bits per heavy atom. The number of aromatic hydroxyl groups is 1. The number of epoxide rings is 1. The van der Waals surface area contributed by atoms with Crippen LogP contribution in [0.1, 0.15) is 175 Å². The van der Waals surface area contributed by atoms with E-state index in [9.17, 15) is 46.0 Å². The molecule has 25 atom stereocenters. The summed E-state index contributed by atoms with van der Waals surface area (Å²) in [7, 11) is 4.37. The number of ether oxygens (including phenoxy) is 2. The van der Waals surface area contributed by atoms with Gasteiger partial charge in [0.2, 0.25) is 5.91 Å². The molecule has 1 amide bonds. The highest BCUT2D eigenvalue weighted by atomic mass is 33.1. The molecule has 8 bridgehead atoms. The van der Waals surface area contributed by atoms with Crippen molar-refractivity contribution in [2.45, 2.75) is 240 Å². The number of allylic oxidation sites excluding steroid dienone is 3. The minimum atomic E-state index is -2.13. The number of carbonyl (C=O) groups excluding carboxylic acids is 2.